The van der Waals surface area contributed by atoms with Gasteiger partial charge in [-0.25, -0.2) is 4.98 Å². The van der Waals surface area contributed by atoms with Crippen LogP contribution >= 0.6 is 0 Å². The molecule has 0 bridgehead atoms. The number of hydrogen-bond donors (Lipinski definition) is 0. The van der Waals surface area contributed by atoms with Crippen molar-refractivity contribution in [2.24, 2.45) is 5.10 Å². The Balaban J connectivity index is 1.83. The van der Waals surface area contributed by atoms with Crippen molar-refractivity contribution < 1.29 is 4.79 Å². The van der Waals surface area contributed by atoms with Crippen LogP contribution in [0.25, 0.3) is 0 Å². The van der Waals surface area contributed by atoms with Crippen molar-refractivity contribution in [3.05, 3.63) is 70.4 Å². The summed E-state index contributed by atoms with van der Waals surface area (Å²) in [5.41, 5.74) is 5.98. The molecular formula is C22H25N3O. The number of hydrazone groups is 1. The molecule has 1 aromatic heterocycles. The minimum atomic E-state index is -0.115. The average molecular weight is 347 g/mol. The molecule has 0 aliphatic heterocycles. The van der Waals surface area contributed by atoms with Gasteiger partial charge in [-0.2, -0.15) is 10.1 Å². The summed E-state index contributed by atoms with van der Waals surface area (Å²) in [6.45, 7) is 9.90. The molecule has 1 unspecified atom stereocenters. The fourth-order valence-electron chi connectivity index (χ4n) is 3.81. The minimum absolute atomic E-state index is 0.115. The molecule has 4 heteroatoms. The summed E-state index contributed by atoms with van der Waals surface area (Å²) >= 11 is 0. The van der Waals surface area contributed by atoms with E-state index in [1.54, 1.807) is 12.3 Å². The Hall–Kier alpha value is -2.75. The van der Waals surface area contributed by atoms with Gasteiger partial charge in [0.25, 0.3) is 5.91 Å². The maximum Gasteiger partial charge on any atom is 0.275 e. The zero-order valence-electron chi connectivity index (χ0n) is 15.7. The molecule has 0 fully saturated rings. The quantitative estimate of drug-likeness (QED) is 0.581. The standard InChI is InChI=1S/C22H25N3O/c1-15-8-10-19(16(2)13-15)18-9-11-20(17(3)14-18)22(26)25(23-4)21-7-5-6-12-24-21/h5-8,10,12-13,18H,4,9,11,14H2,1-3H3. The van der Waals surface area contributed by atoms with E-state index in [0.29, 0.717) is 11.7 Å². The van der Waals surface area contributed by atoms with E-state index in [1.807, 2.05) is 12.1 Å². The highest BCUT2D eigenvalue weighted by molar-refractivity contribution is 6.05. The maximum atomic E-state index is 13.0. The second-order valence-corrected chi connectivity index (χ2v) is 7.00. The van der Waals surface area contributed by atoms with Crippen LogP contribution in [0.2, 0.25) is 0 Å². The van der Waals surface area contributed by atoms with E-state index >= 15 is 0 Å². The lowest BCUT2D eigenvalue weighted by Gasteiger charge is -2.28. The van der Waals surface area contributed by atoms with Crippen LogP contribution in [0.4, 0.5) is 5.82 Å². The summed E-state index contributed by atoms with van der Waals surface area (Å²) in [7, 11) is 0. The highest BCUT2D eigenvalue weighted by Crippen LogP contribution is 2.38. The molecule has 2 aromatic rings. The number of aromatic nitrogens is 1. The van der Waals surface area contributed by atoms with Gasteiger partial charge in [0, 0.05) is 18.5 Å². The first-order valence-corrected chi connectivity index (χ1v) is 8.99. The monoisotopic (exact) mass is 347 g/mol. The Kier molecular flexibility index (Phi) is 5.31. The van der Waals surface area contributed by atoms with Crippen molar-refractivity contribution >= 4 is 18.4 Å². The van der Waals surface area contributed by atoms with Gasteiger partial charge < -0.3 is 0 Å². The van der Waals surface area contributed by atoms with Gasteiger partial charge in [-0.15, -0.1) is 0 Å². The van der Waals surface area contributed by atoms with Crippen LogP contribution in [-0.4, -0.2) is 17.6 Å². The summed E-state index contributed by atoms with van der Waals surface area (Å²) in [4.78, 5) is 17.2. The van der Waals surface area contributed by atoms with Crippen molar-refractivity contribution in [2.45, 2.75) is 46.0 Å². The minimum Gasteiger partial charge on any atom is -0.267 e. The predicted molar refractivity (Wildman–Crippen MR) is 106 cm³/mol. The third-order valence-electron chi connectivity index (χ3n) is 5.13. The zero-order valence-corrected chi connectivity index (χ0v) is 15.7. The molecule has 26 heavy (non-hydrogen) atoms. The molecule has 1 aliphatic rings. The summed E-state index contributed by atoms with van der Waals surface area (Å²) < 4.78 is 0. The van der Waals surface area contributed by atoms with Crippen molar-refractivity contribution in [3.8, 4) is 0 Å². The molecule has 1 heterocycles. The number of carbonyl (C=O) groups excluding carboxylic acids is 1. The van der Waals surface area contributed by atoms with Crippen molar-refractivity contribution in [3.63, 3.8) is 0 Å². The summed E-state index contributed by atoms with van der Waals surface area (Å²) in [5.74, 6) is 0.853. The number of carbonyl (C=O) groups is 1. The Morgan fingerprint density at radius 2 is 2.04 bits per heavy atom. The first-order chi connectivity index (χ1) is 12.5. The Bertz CT molecular complexity index is 855. The first kappa shape index (κ1) is 18.1. The smallest absolute Gasteiger partial charge is 0.267 e. The zero-order chi connectivity index (χ0) is 18.7. The normalized spacial score (nSPS) is 17.1. The largest absolute Gasteiger partial charge is 0.275 e. The van der Waals surface area contributed by atoms with Crippen molar-refractivity contribution in [1.29, 1.82) is 0 Å². The average Bonchev–Trinajstić information content (AvgIpc) is 2.63. The van der Waals surface area contributed by atoms with E-state index in [-0.39, 0.29) is 5.91 Å². The number of benzene rings is 1. The van der Waals surface area contributed by atoms with E-state index in [4.69, 9.17) is 0 Å². The Morgan fingerprint density at radius 3 is 2.65 bits per heavy atom. The van der Waals surface area contributed by atoms with E-state index < -0.39 is 0 Å². The lowest BCUT2D eigenvalue weighted by molar-refractivity contribution is -0.115. The number of hydrogen-bond acceptors (Lipinski definition) is 3. The fraction of sp³-hybridized carbons (Fsp3) is 0.318. The lowest BCUT2D eigenvalue weighted by Crippen LogP contribution is -2.29. The molecule has 1 aliphatic carbocycles. The first-order valence-electron chi connectivity index (χ1n) is 8.99. The summed E-state index contributed by atoms with van der Waals surface area (Å²) in [5, 5.41) is 5.21. The molecule has 0 spiro atoms. The summed E-state index contributed by atoms with van der Waals surface area (Å²) in [6.07, 6.45) is 4.27. The number of anilines is 1. The fourth-order valence-corrected chi connectivity index (χ4v) is 3.81. The molecule has 4 nitrogen and oxygen atoms in total. The van der Waals surface area contributed by atoms with Crippen LogP contribution in [0.5, 0.6) is 0 Å². The van der Waals surface area contributed by atoms with Crippen LogP contribution in [0, 0.1) is 13.8 Å². The second-order valence-electron chi connectivity index (χ2n) is 7.00. The third-order valence-corrected chi connectivity index (χ3v) is 5.13. The van der Waals surface area contributed by atoms with Crippen molar-refractivity contribution in [2.75, 3.05) is 5.01 Å². The molecule has 134 valence electrons. The number of nitrogens with zero attached hydrogens (tertiary/aromatic N) is 3. The molecule has 1 aromatic carbocycles. The van der Waals surface area contributed by atoms with Crippen LogP contribution in [0.15, 0.2) is 58.8 Å². The van der Waals surface area contributed by atoms with Crippen LogP contribution < -0.4 is 5.01 Å². The molecule has 0 saturated heterocycles. The number of rotatable bonds is 4. The topological polar surface area (TPSA) is 45.6 Å². The Morgan fingerprint density at radius 1 is 1.23 bits per heavy atom. The van der Waals surface area contributed by atoms with E-state index in [2.05, 4.69) is 55.8 Å². The highest BCUT2D eigenvalue weighted by atomic mass is 16.2. The number of aryl methyl sites for hydroxylation is 2. The van der Waals surface area contributed by atoms with E-state index in [9.17, 15) is 4.79 Å². The van der Waals surface area contributed by atoms with Crippen LogP contribution in [0.3, 0.4) is 0 Å². The third kappa shape index (κ3) is 3.59. The van der Waals surface area contributed by atoms with Gasteiger partial charge in [-0.05, 0) is 69.2 Å². The van der Waals surface area contributed by atoms with Crippen LogP contribution in [-0.2, 0) is 4.79 Å². The molecule has 1 amide bonds. The van der Waals surface area contributed by atoms with Gasteiger partial charge in [-0.1, -0.05) is 35.4 Å². The van der Waals surface area contributed by atoms with Gasteiger partial charge in [0.1, 0.15) is 0 Å². The molecule has 0 N–H and O–H groups in total. The highest BCUT2D eigenvalue weighted by Gasteiger charge is 2.28. The molecule has 1 atom stereocenters. The SMILES string of the molecule is C=NN(C(=O)C1=C(C)CC(c2ccc(C)cc2C)CC1)c1ccccn1. The van der Waals surface area contributed by atoms with E-state index in [1.165, 1.54) is 21.7 Å². The second kappa shape index (κ2) is 7.65. The summed E-state index contributed by atoms with van der Waals surface area (Å²) in [6, 6.07) is 12.1. The predicted octanol–water partition coefficient (Wildman–Crippen LogP) is 4.93. The number of allylic oxidation sites excluding steroid dienone is 1. The lowest BCUT2D eigenvalue weighted by atomic mass is 9.79. The van der Waals surface area contributed by atoms with Crippen LogP contribution in [0.1, 0.15) is 48.8 Å². The maximum absolute atomic E-state index is 13.0. The molecule has 3 rings (SSSR count). The van der Waals surface area contributed by atoms with Gasteiger partial charge in [0.05, 0.1) is 0 Å². The van der Waals surface area contributed by atoms with Gasteiger partial charge >= 0.3 is 0 Å². The van der Waals surface area contributed by atoms with Gasteiger partial charge in [-0.3, -0.25) is 4.79 Å². The molecular weight excluding hydrogens is 322 g/mol. The number of pyridine rings is 1. The van der Waals surface area contributed by atoms with Gasteiger partial charge in [0.15, 0.2) is 5.82 Å². The van der Waals surface area contributed by atoms with Gasteiger partial charge in [0.2, 0.25) is 0 Å². The molecule has 0 saturated carbocycles. The Labute approximate surface area is 155 Å². The number of amides is 1. The van der Waals surface area contributed by atoms with E-state index in [0.717, 1.165) is 30.4 Å². The molecule has 0 radical (unpaired) electrons. The van der Waals surface area contributed by atoms with Crippen molar-refractivity contribution in [1.82, 2.24) is 4.98 Å².